The first kappa shape index (κ1) is 12.7. The van der Waals surface area contributed by atoms with E-state index in [2.05, 4.69) is 12.2 Å². The van der Waals surface area contributed by atoms with Gasteiger partial charge in [-0.15, -0.1) is 0 Å². The topological polar surface area (TPSA) is 0 Å². The van der Waals surface area contributed by atoms with Gasteiger partial charge < -0.3 is 0 Å². The van der Waals surface area contributed by atoms with Crippen LogP contribution in [0.5, 0.6) is 0 Å². The van der Waals surface area contributed by atoms with Crippen molar-refractivity contribution in [3.63, 3.8) is 0 Å². The van der Waals surface area contributed by atoms with Crippen LogP contribution in [0.1, 0.15) is 58.8 Å². The second kappa shape index (κ2) is 9.76. The fourth-order valence-electron chi connectivity index (χ4n) is 1.43. The van der Waals surface area contributed by atoms with Crippen LogP contribution >= 0.6 is 0 Å². The van der Waals surface area contributed by atoms with E-state index in [-0.39, 0.29) is 0 Å². The molecule has 0 aromatic rings. The maximum absolute atomic E-state index is 13.0. The smallest absolute Gasteiger partial charge is 0.100 e. The minimum absolute atomic E-state index is 0.549. The number of rotatable bonds is 8. The molecule has 78 valence electrons. The Hall–Kier alpha value is -0.330. The number of halogens is 1. The molecule has 0 radical (unpaired) electrons. The van der Waals surface area contributed by atoms with Crippen LogP contribution < -0.4 is 0 Å². The highest BCUT2D eigenvalue weighted by Gasteiger charge is 2.03. The Morgan fingerprint density at radius 3 is 2.54 bits per heavy atom. The Bertz CT molecular complexity index is 118. The van der Waals surface area contributed by atoms with Gasteiger partial charge in [-0.1, -0.05) is 38.3 Å². The van der Waals surface area contributed by atoms with E-state index >= 15 is 0 Å². The summed E-state index contributed by atoms with van der Waals surface area (Å²) in [6, 6.07) is 0. The SMILES string of the molecule is CC=CCCCCCC(F)CCC. The van der Waals surface area contributed by atoms with Crippen molar-refractivity contribution in [3.05, 3.63) is 12.2 Å². The quantitative estimate of drug-likeness (QED) is 0.382. The second-order valence-electron chi connectivity index (χ2n) is 3.59. The highest BCUT2D eigenvalue weighted by molar-refractivity contribution is 4.76. The normalized spacial score (nSPS) is 13.8. The van der Waals surface area contributed by atoms with Crippen LogP contribution in [0.4, 0.5) is 4.39 Å². The standard InChI is InChI=1S/C12H23F/c1-3-5-6-7-8-9-11-12(13)10-4-2/h3,5,12H,4,6-11H2,1-2H3. The summed E-state index contributed by atoms with van der Waals surface area (Å²) in [6.07, 6.45) is 10.8. The average Bonchev–Trinajstić information content (AvgIpc) is 2.11. The number of unbranched alkanes of at least 4 members (excludes halogenated alkanes) is 3. The van der Waals surface area contributed by atoms with E-state index in [0.717, 1.165) is 32.1 Å². The zero-order chi connectivity index (χ0) is 9.94. The molecule has 0 N–H and O–H groups in total. The second-order valence-corrected chi connectivity index (χ2v) is 3.59. The zero-order valence-electron chi connectivity index (χ0n) is 9.06. The van der Waals surface area contributed by atoms with Crippen LogP contribution in [-0.4, -0.2) is 6.17 Å². The molecule has 0 amide bonds. The average molecular weight is 186 g/mol. The first-order valence-corrected chi connectivity index (χ1v) is 5.56. The summed E-state index contributed by atoms with van der Waals surface area (Å²) in [5.41, 5.74) is 0. The number of hydrogen-bond donors (Lipinski definition) is 0. The van der Waals surface area contributed by atoms with Crippen LogP contribution in [0, 0.1) is 0 Å². The summed E-state index contributed by atoms with van der Waals surface area (Å²) in [5.74, 6) is 0. The molecule has 0 aromatic heterocycles. The molecule has 1 unspecified atom stereocenters. The highest BCUT2D eigenvalue weighted by atomic mass is 19.1. The molecule has 0 aliphatic rings. The van der Waals surface area contributed by atoms with Crippen molar-refractivity contribution >= 4 is 0 Å². The molecule has 0 nitrogen and oxygen atoms in total. The first-order valence-electron chi connectivity index (χ1n) is 5.56. The van der Waals surface area contributed by atoms with Gasteiger partial charge in [-0.3, -0.25) is 0 Å². The zero-order valence-corrected chi connectivity index (χ0v) is 9.06. The van der Waals surface area contributed by atoms with E-state index < -0.39 is 6.17 Å². The van der Waals surface area contributed by atoms with Crippen molar-refractivity contribution in [2.45, 2.75) is 65.0 Å². The fourth-order valence-corrected chi connectivity index (χ4v) is 1.43. The van der Waals surface area contributed by atoms with Gasteiger partial charge in [0, 0.05) is 0 Å². The summed E-state index contributed by atoms with van der Waals surface area (Å²) < 4.78 is 13.0. The van der Waals surface area contributed by atoms with E-state index in [0.29, 0.717) is 0 Å². The maximum Gasteiger partial charge on any atom is 0.100 e. The molecule has 0 aliphatic carbocycles. The molecule has 0 aromatic carbocycles. The van der Waals surface area contributed by atoms with Gasteiger partial charge in [-0.2, -0.15) is 0 Å². The van der Waals surface area contributed by atoms with Crippen molar-refractivity contribution in [2.24, 2.45) is 0 Å². The van der Waals surface area contributed by atoms with E-state index in [4.69, 9.17) is 0 Å². The third-order valence-electron chi connectivity index (χ3n) is 2.23. The Labute approximate surface area is 82.2 Å². The first-order chi connectivity index (χ1) is 6.31. The molecule has 0 bridgehead atoms. The van der Waals surface area contributed by atoms with E-state index in [1.54, 1.807) is 0 Å². The summed E-state index contributed by atoms with van der Waals surface area (Å²) in [6.45, 7) is 4.08. The molecule has 0 saturated carbocycles. The number of allylic oxidation sites excluding steroid dienone is 2. The van der Waals surface area contributed by atoms with Crippen molar-refractivity contribution in [2.75, 3.05) is 0 Å². The molecule has 0 heterocycles. The van der Waals surface area contributed by atoms with Crippen molar-refractivity contribution in [3.8, 4) is 0 Å². The minimum atomic E-state index is -0.549. The highest BCUT2D eigenvalue weighted by Crippen LogP contribution is 2.12. The molecule has 1 atom stereocenters. The van der Waals surface area contributed by atoms with Crippen LogP contribution in [0.3, 0.4) is 0 Å². The number of alkyl halides is 1. The van der Waals surface area contributed by atoms with Crippen LogP contribution in [0.15, 0.2) is 12.2 Å². The Morgan fingerprint density at radius 2 is 1.92 bits per heavy atom. The van der Waals surface area contributed by atoms with Gasteiger partial charge in [0.25, 0.3) is 0 Å². The predicted molar refractivity (Wildman–Crippen MR) is 57.7 cm³/mol. The van der Waals surface area contributed by atoms with Crippen molar-refractivity contribution in [1.82, 2.24) is 0 Å². The monoisotopic (exact) mass is 186 g/mol. The largest absolute Gasteiger partial charge is 0.247 e. The van der Waals surface area contributed by atoms with Crippen molar-refractivity contribution < 1.29 is 4.39 Å². The Kier molecular flexibility index (Phi) is 9.51. The van der Waals surface area contributed by atoms with Crippen LogP contribution in [0.2, 0.25) is 0 Å². The lowest BCUT2D eigenvalue weighted by Crippen LogP contribution is -1.98. The van der Waals surface area contributed by atoms with Crippen LogP contribution in [0.25, 0.3) is 0 Å². The van der Waals surface area contributed by atoms with E-state index in [1.165, 1.54) is 12.8 Å². The van der Waals surface area contributed by atoms with Gasteiger partial charge in [-0.25, -0.2) is 4.39 Å². The summed E-state index contributed by atoms with van der Waals surface area (Å²) in [5, 5.41) is 0. The lowest BCUT2D eigenvalue weighted by atomic mass is 10.1. The molecular formula is C12H23F. The lowest BCUT2D eigenvalue weighted by Gasteiger charge is -2.05. The molecule has 0 spiro atoms. The Balaban J connectivity index is 3.06. The van der Waals surface area contributed by atoms with Gasteiger partial charge in [0.1, 0.15) is 6.17 Å². The minimum Gasteiger partial charge on any atom is -0.247 e. The van der Waals surface area contributed by atoms with E-state index in [1.807, 2.05) is 13.8 Å². The van der Waals surface area contributed by atoms with Gasteiger partial charge in [-0.05, 0) is 32.6 Å². The third-order valence-corrected chi connectivity index (χ3v) is 2.23. The Morgan fingerprint density at radius 1 is 1.15 bits per heavy atom. The van der Waals surface area contributed by atoms with Crippen LogP contribution in [-0.2, 0) is 0 Å². The third kappa shape index (κ3) is 9.59. The maximum atomic E-state index is 13.0. The van der Waals surface area contributed by atoms with Gasteiger partial charge in [0.2, 0.25) is 0 Å². The molecule has 0 rings (SSSR count). The van der Waals surface area contributed by atoms with Gasteiger partial charge in [0.15, 0.2) is 0 Å². The number of hydrogen-bond acceptors (Lipinski definition) is 0. The molecule has 13 heavy (non-hydrogen) atoms. The molecule has 0 saturated heterocycles. The predicted octanol–water partition coefficient (Wildman–Crippen LogP) is 4.65. The van der Waals surface area contributed by atoms with Crippen molar-refractivity contribution in [1.29, 1.82) is 0 Å². The molecule has 0 aliphatic heterocycles. The molecular weight excluding hydrogens is 163 g/mol. The van der Waals surface area contributed by atoms with Gasteiger partial charge in [0.05, 0.1) is 0 Å². The summed E-state index contributed by atoms with van der Waals surface area (Å²) in [7, 11) is 0. The molecule has 1 heteroatoms. The lowest BCUT2D eigenvalue weighted by molar-refractivity contribution is 0.286. The summed E-state index contributed by atoms with van der Waals surface area (Å²) >= 11 is 0. The molecule has 0 fully saturated rings. The van der Waals surface area contributed by atoms with Gasteiger partial charge >= 0.3 is 0 Å². The van der Waals surface area contributed by atoms with E-state index in [9.17, 15) is 4.39 Å². The summed E-state index contributed by atoms with van der Waals surface area (Å²) in [4.78, 5) is 0. The fraction of sp³-hybridized carbons (Fsp3) is 0.833.